The number of benzene rings is 2. The van der Waals surface area contributed by atoms with Crippen LogP contribution in [0.1, 0.15) is 25.3 Å². The van der Waals surface area contributed by atoms with Crippen molar-refractivity contribution in [2.24, 2.45) is 5.73 Å². The SMILES string of the molecule is CCn1c(N2CCC[C@@H](N)C2)nc2cnn(Cc3ccc(Br)c4ccccc34)c(=O)c21. The zero-order chi connectivity index (χ0) is 21.5. The Kier molecular flexibility index (Phi) is 5.27. The average molecular weight is 481 g/mol. The van der Waals surface area contributed by atoms with Gasteiger partial charge in [-0.1, -0.05) is 46.3 Å². The molecular formula is C23H25BrN6O. The van der Waals surface area contributed by atoms with Crippen molar-refractivity contribution in [1.82, 2.24) is 19.3 Å². The van der Waals surface area contributed by atoms with Crippen LogP contribution in [0.15, 0.2) is 51.9 Å². The van der Waals surface area contributed by atoms with Crippen LogP contribution in [0.25, 0.3) is 21.8 Å². The Hall–Kier alpha value is -2.71. The molecule has 8 heteroatoms. The normalized spacial score (nSPS) is 17.0. The number of hydrogen-bond acceptors (Lipinski definition) is 5. The molecule has 1 atom stereocenters. The third-order valence-corrected chi connectivity index (χ3v) is 6.76. The molecule has 3 heterocycles. The molecule has 0 aliphatic carbocycles. The van der Waals surface area contributed by atoms with Crippen molar-refractivity contribution in [3.05, 3.63) is 63.0 Å². The lowest BCUT2D eigenvalue weighted by atomic mass is 10.0. The van der Waals surface area contributed by atoms with Gasteiger partial charge in [0.25, 0.3) is 5.56 Å². The van der Waals surface area contributed by atoms with Crippen LogP contribution in [0.5, 0.6) is 0 Å². The Balaban J connectivity index is 1.60. The molecule has 160 valence electrons. The zero-order valence-corrected chi connectivity index (χ0v) is 19.0. The van der Waals surface area contributed by atoms with Gasteiger partial charge in [-0.15, -0.1) is 0 Å². The number of anilines is 1. The van der Waals surface area contributed by atoms with Gasteiger partial charge in [0.1, 0.15) is 11.0 Å². The van der Waals surface area contributed by atoms with E-state index in [0.29, 0.717) is 24.1 Å². The number of rotatable bonds is 4. The van der Waals surface area contributed by atoms with E-state index in [1.807, 2.05) is 35.8 Å². The highest BCUT2D eigenvalue weighted by Gasteiger charge is 2.24. The molecule has 1 aliphatic rings. The van der Waals surface area contributed by atoms with Crippen molar-refractivity contribution in [3.63, 3.8) is 0 Å². The zero-order valence-electron chi connectivity index (χ0n) is 17.5. The van der Waals surface area contributed by atoms with Crippen molar-refractivity contribution in [2.45, 2.75) is 38.9 Å². The molecule has 0 saturated carbocycles. The van der Waals surface area contributed by atoms with Gasteiger partial charge in [-0.25, -0.2) is 9.67 Å². The third kappa shape index (κ3) is 3.53. The maximum absolute atomic E-state index is 13.5. The van der Waals surface area contributed by atoms with Crippen LogP contribution in [0.4, 0.5) is 5.95 Å². The van der Waals surface area contributed by atoms with Crippen LogP contribution in [0.3, 0.4) is 0 Å². The lowest BCUT2D eigenvalue weighted by Gasteiger charge is -2.31. The van der Waals surface area contributed by atoms with E-state index in [1.165, 1.54) is 4.68 Å². The second kappa shape index (κ2) is 8.09. The van der Waals surface area contributed by atoms with Gasteiger partial charge >= 0.3 is 0 Å². The molecule has 0 amide bonds. The molecule has 1 saturated heterocycles. The highest BCUT2D eigenvalue weighted by molar-refractivity contribution is 9.10. The molecule has 4 aromatic rings. The van der Waals surface area contributed by atoms with Crippen molar-refractivity contribution in [2.75, 3.05) is 18.0 Å². The summed E-state index contributed by atoms with van der Waals surface area (Å²) < 4.78 is 4.58. The Labute approximate surface area is 188 Å². The molecular weight excluding hydrogens is 456 g/mol. The molecule has 2 aromatic heterocycles. The highest BCUT2D eigenvalue weighted by atomic mass is 79.9. The summed E-state index contributed by atoms with van der Waals surface area (Å²) in [4.78, 5) is 20.4. The number of nitrogens with two attached hydrogens (primary N) is 1. The van der Waals surface area contributed by atoms with E-state index in [0.717, 1.165) is 52.7 Å². The monoisotopic (exact) mass is 480 g/mol. The predicted molar refractivity (Wildman–Crippen MR) is 128 cm³/mol. The molecule has 0 unspecified atom stereocenters. The van der Waals surface area contributed by atoms with Crippen LogP contribution in [0.2, 0.25) is 0 Å². The van der Waals surface area contributed by atoms with Crippen molar-refractivity contribution >= 4 is 43.7 Å². The van der Waals surface area contributed by atoms with Gasteiger partial charge in [0.05, 0.1) is 12.7 Å². The smallest absolute Gasteiger partial charge is 0.293 e. The maximum Gasteiger partial charge on any atom is 0.293 e. The molecule has 1 aliphatic heterocycles. The molecule has 7 nitrogen and oxygen atoms in total. The lowest BCUT2D eigenvalue weighted by Crippen LogP contribution is -2.44. The minimum absolute atomic E-state index is 0.119. The Morgan fingerprint density at radius 1 is 1.19 bits per heavy atom. The number of nitrogens with zero attached hydrogens (tertiary/aromatic N) is 5. The second-order valence-corrected chi connectivity index (χ2v) is 8.95. The molecule has 5 rings (SSSR count). The number of fused-ring (bicyclic) bond motifs is 2. The number of aryl methyl sites for hydroxylation is 1. The third-order valence-electron chi connectivity index (χ3n) is 6.07. The summed E-state index contributed by atoms with van der Waals surface area (Å²) in [6.07, 6.45) is 3.77. The highest BCUT2D eigenvalue weighted by Crippen LogP contribution is 2.27. The van der Waals surface area contributed by atoms with Crippen molar-refractivity contribution < 1.29 is 0 Å². The maximum atomic E-state index is 13.5. The molecule has 0 spiro atoms. The number of piperidine rings is 1. The van der Waals surface area contributed by atoms with E-state index >= 15 is 0 Å². The van der Waals surface area contributed by atoms with E-state index in [-0.39, 0.29) is 11.6 Å². The summed E-state index contributed by atoms with van der Waals surface area (Å²) in [5.41, 5.74) is 8.36. The lowest BCUT2D eigenvalue weighted by molar-refractivity contribution is 0.494. The number of aromatic nitrogens is 4. The van der Waals surface area contributed by atoms with Gasteiger partial charge in [-0.2, -0.15) is 5.10 Å². The van der Waals surface area contributed by atoms with Gasteiger partial charge in [-0.05, 0) is 42.2 Å². The van der Waals surface area contributed by atoms with Gasteiger partial charge in [0.15, 0.2) is 0 Å². The average Bonchev–Trinajstić information content (AvgIpc) is 3.17. The van der Waals surface area contributed by atoms with E-state index < -0.39 is 0 Å². The first-order chi connectivity index (χ1) is 15.1. The summed E-state index contributed by atoms with van der Waals surface area (Å²) in [5.74, 6) is 0.818. The minimum Gasteiger partial charge on any atom is -0.341 e. The Bertz CT molecular complexity index is 1330. The van der Waals surface area contributed by atoms with Gasteiger partial charge in [0.2, 0.25) is 5.95 Å². The number of halogens is 1. The molecule has 2 N–H and O–H groups in total. The minimum atomic E-state index is -0.119. The van der Waals surface area contributed by atoms with E-state index in [2.05, 4.69) is 38.1 Å². The van der Waals surface area contributed by atoms with Crippen molar-refractivity contribution in [1.29, 1.82) is 0 Å². The van der Waals surface area contributed by atoms with Crippen LogP contribution in [-0.4, -0.2) is 38.5 Å². The van der Waals surface area contributed by atoms with E-state index in [4.69, 9.17) is 10.7 Å². The number of imidazole rings is 1. The summed E-state index contributed by atoms with van der Waals surface area (Å²) in [6, 6.07) is 12.4. The summed E-state index contributed by atoms with van der Waals surface area (Å²) >= 11 is 3.62. The fourth-order valence-electron chi connectivity index (χ4n) is 4.54. The summed E-state index contributed by atoms with van der Waals surface area (Å²) in [6.45, 7) is 4.78. The first-order valence-corrected chi connectivity index (χ1v) is 11.5. The quantitative estimate of drug-likeness (QED) is 0.483. The molecule has 0 radical (unpaired) electrons. The summed E-state index contributed by atoms with van der Waals surface area (Å²) in [5, 5.41) is 6.68. The van der Waals surface area contributed by atoms with E-state index in [9.17, 15) is 4.79 Å². The van der Waals surface area contributed by atoms with Gasteiger partial charge < -0.3 is 15.2 Å². The second-order valence-electron chi connectivity index (χ2n) is 8.10. The fourth-order valence-corrected chi connectivity index (χ4v) is 5.02. The topological polar surface area (TPSA) is 82.0 Å². The van der Waals surface area contributed by atoms with Gasteiger partial charge in [0, 0.05) is 30.1 Å². The molecule has 0 bridgehead atoms. The first kappa shape index (κ1) is 20.2. The molecule has 1 fully saturated rings. The van der Waals surface area contributed by atoms with Crippen LogP contribution >= 0.6 is 15.9 Å². The Morgan fingerprint density at radius 3 is 2.77 bits per heavy atom. The molecule has 2 aromatic carbocycles. The van der Waals surface area contributed by atoms with Crippen LogP contribution < -0.4 is 16.2 Å². The van der Waals surface area contributed by atoms with Crippen molar-refractivity contribution in [3.8, 4) is 0 Å². The summed E-state index contributed by atoms with van der Waals surface area (Å²) in [7, 11) is 0. The standard InChI is InChI=1S/C23H25BrN6O/c1-2-29-21-20(27-23(29)28-11-5-6-16(25)14-28)12-26-30(22(21)31)13-15-9-10-19(24)18-8-4-3-7-17(15)18/h3-4,7-10,12,16H,2,5-6,11,13-14,25H2,1H3/t16-/m1/s1. The number of hydrogen-bond donors (Lipinski definition) is 1. The van der Waals surface area contributed by atoms with Crippen LogP contribution in [0, 0.1) is 0 Å². The molecule has 31 heavy (non-hydrogen) atoms. The van der Waals surface area contributed by atoms with Gasteiger partial charge in [-0.3, -0.25) is 4.79 Å². The fraction of sp³-hybridized carbons (Fsp3) is 0.348. The Morgan fingerprint density at radius 2 is 2.00 bits per heavy atom. The first-order valence-electron chi connectivity index (χ1n) is 10.7. The van der Waals surface area contributed by atoms with Crippen LogP contribution in [-0.2, 0) is 13.1 Å². The van der Waals surface area contributed by atoms with E-state index in [1.54, 1.807) is 6.20 Å². The predicted octanol–water partition coefficient (Wildman–Crippen LogP) is 3.50. The largest absolute Gasteiger partial charge is 0.341 e.